The van der Waals surface area contributed by atoms with E-state index in [0.29, 0.717) is 6.61 Å². The van der Waals surface area contributed by atoms with Crippen LogP contribution in [0.2, 0.25) is 0 Å². The molecule has 0 aromatic rings. The summed E-state index contributed by atoms with van der Waals surface area (Å²) in [6, 6.07) is 0. The molecule has 0 radical (unpaired) electrons. The van der Waals surface area contributed by atoms with Gasteiger partial charge in [-0.2, -0.15) is 0 Å². The van der Waals surface area contributed by atoms with Gasteiger partial charge in [-0.1, -0.05) is 0 Å². The van der Waals surface area contributed by atoms with Crippen LogP contribution in [0.25, 0.3) is 0 Å². The lowest BCUT2D eigenvalue weighted by atomic mass is 10.2. The summed E-state index contributed by atoms with van der Waals surface area (Å²) in [4.78, 5) is 0. The lowest BCUT2D eigenvalue weighted by Crippen LogP contribution is -2.38. The van der Waals surface area contributed by atoms with Gasteiger partial charge in [-0.05, 0) is 41.5 Å². The number of rotatable bonds is 9. The Kier molecular flexibility index (Phi) is 8.78. The van der Waals surface area contributed by atoms with Crippen LogP contribution in [-0.2, 0) is 14.2 Å². The predicted molar refractivity (Wildman–Crippen MR) is 68.2 cm³/mol. The van der Waals surface area contributed by atoms with Gasteiger partial charge in [-0.15, -0.1) is 0 Å². The summed E-state index contributed by atoms with van der Waals surface area (Å²) in [6.45, 7) is 12.3. The van der Waals surface area contributed by atoms with Gasteiger partial charge in [0.05, 0.1) is 37.6 Å². The number of aliphatic hydroxyl groups excluding tert-OH is 1. The van der Waals surface area contributed by atoms with E-state index >= 15 is 0 Å². The molecule has 0 aromatic carbocycles. The summed E-state index contributed by atoms with van der Waals surface area (Å²) in [5.74, 6) is 0. The molecule has 0 saturated carbocycles. The lowest BCUT2D eigenvalue weighted by Gasteiger charge is -2.28. The van der Waals surface area contributed by atoms with Crippen molar-refractivity contribution in [3.8, 4) is 0 Å². The van der Waals surface area contributed by atoms with Gasteiger partial charge in [-0.25, -0.2) is 0 Å². The smallest absolute Gasteiger partial charge is 0.107 e. The Labute approximate surface area is 105 Å². The molecule has 0 amide bonds. The first-order valence-electron chi connectivity index (χ1n) is 6.40. The Bertz CT molecular complexity index is 182. The maximum atomic E-state index is 9.02. The highest BCUT2D eigenvalue weighted by Crippen LogP contribution is 2.11. The van der Waals surface area contributed by atoms with Gasteiger partial charge in [0, 0.05) is 0 Å². The topological polar surface area (TPSA) is 47.9 Å². The quantitative estimate of drug-likeness (QED) is 0.678. The van der Waals surface area contributed by atoms with Crippen LogP contribution in [0.1, 0.15) is 41.5 Å². The number of aliphatic hydroxyl groups is 1. The van der Waals surface area contributed by atoms with Gasteiger partial charge in [-0.3, -0.25) is 0 Å². The fourth-order valence-electron chi connectivity index (χ4n) is 1.43. The minimum absolute atomic E-state index is 0.00652. The van der Waals surface area contributed by atoms with E-state index in [0.717, 1.165) is 0 Å². The van der Waals surface area contributed by atoms with Crippen molar-refractivity contribution in [2.45, 2.75) is 72.1 Å². The maximum absolute atomic E-state index is 9.02. The molecule has 4 heteroatoms. The van der Waals surface area contributed by atoms with Gasteiger partial charge in [0.1, 0.15) is 6.10 Å². The number of ether oxygens (including phenoxy) is 3. The zero-order chi connectivity index (χ0) is 13.4. The Morgan fingerprint density at radius 1 is 0.882 bits per heavy atom. The van der Waals surface area contributed by atoms with Crippen LogP contribution in [0.4, 0.5) is 0 Å². The van der Waals surface area contributed by atoms with Crippen molar-refractivity contribution in [2.24, 2.45) is 0 Å². The van der Waals surface area contributed by atoms with E-state index in [9.17, 15) is 0 Å². The first kappa shape index (κ1) is 16.8. The highest BCUT2D eigenvalue weighted by Gasteiger charge is 2.22. The predicted octanol–water partition coefficient (Wildman–Crippen LogP) is 1.99. The van der Waals surface area contributed by atoms with Gasteiger partial charge >= 0.3 is 0 Å². The molecule has 0 aliphatic heterocycles. The van der Waals surface area contributed by atoms with Crippen LogP contribution in [0, 0.1) is 0 Å². The largest absolute Gasteiger partial charge is 0.394 e. The monoisotopic (exact) mass is 248 g/mol. The molecule has 0 aromatic heterocycles. The first-order chi connectivity index (χ1) is 7.86. The zero-order valence-corrected chi connectivity index (χ0v) is 12.0. The average Bonchev–Trinajstić information content (AvgIpc) is 2.22. The third kappa shape index (κ3) is 8.55. The first-order valence-corrected chi connectivity index (χ1v) is 6.40. The fourth-order valence-corrected chi connectivity index (χ4v) is 1.43. The highest BCUT2D eigenvalue weighted by molar-refractivity contribution is 4.69. The molecule has 0 heterocycles. The molecule has 0 spiro atoms. The molecule has 0 rings (SSSR count). The van der Waals surface area contributed by atoms with Crippen LogP contribution in [-0.4, -0.2) is 48.8 Å². The second-order valence-corrected chi connectivity index (χ2v) is 4.94. The van der Waals surface area contributed by atoms with E-state index in [4.69, 9.17) is 19.3 Å². The molecule has 4 nitrogen and oxygen atoms in total. The minimum atomic E-state index is -0.200. The van der Waals surface area contributed by atoms with Crippen molar-refractivity contribution in [1.82, 2.24) is 0 Å². The zero-order valence-electron chi connectivity index (χ0n) is 12.0. The third-order valence-corrected chi connectivity index (χ3v) is 2.27. The summed E-state index contributed by atoms with van der Waals surface area (Å²) < 4.78 is 17.0. The molecule has 104 valence electrons. The molecule has 1 N–H and O–H groups in total. The van der Waals surface area contributed by atoms with Gasteiger partial charge in [0.15, 0.2) is 0 Å². The van der Waals surface area contributed by atoms with Crippen molar-refractivity contribution in [2.75, 3.05) is 13.2 Å². The Morgan fingerprint density at radius 2 is 1.47 bits per heavy atom. The Hall–Kier alpha value is -0.160. The Balaban J connectivity index is 4.26. The fraction of sp³-hybridized carbons (Fsp3) is 1.00. The van der Waals surface area contributed by atoms with Gasteiger partial charge < -0.3 is 19.3 Å². The van der Waals surface area contributed by atoms with Crippen LogP contribution in [0.5, 0.6) is 0 Å². The molecule has 0 bridgehead atoms. The molecule has 0 aliphatic carbocycles. The standard InChI is InChI=1S/C13H28O4/c1-9(2)15-8-13(17-11(5)7-14)12(6)16-10(3)4/h9-14H,7-8H2,1-6H3/t11-,12?,13-/m0/s1. The lowest BCUT2D eigenvalue weighted by molar-refractivity contribution is -0.143. The molecule has 0 fully saturated rings. The van der Waals surface area contributed by atoms with Crippen molar-refractivity contribution >= 4 is 0 Å². The maximum Gasteiger partial charge on any atom is 0.107 e. The summed E-state index contributed by atoms with van der Waals surface area (Å²) in [7, 11) is 0. The van der Waals surface area contributed by atoms with Crippen molar-refractivity contribution in [1.29, 1.82) is 0 Å². The molecule has 3 atom stereocenters. The second kappa shape index (κ2) is 8.86. The van der Waals surface area contributed by atoms with Crippen molar-refractivity contribution in [3.63, 3.8) is 0 Å². The molecule has 17 heavy (non-hydrogen) atoms. The average molecular weight is 248 g/mol. The summed E-state index contributed by atoms with van der Waals surface area (Å²) in [6.07, 6.45) is -0.0879. The summed E-state index contributed by atoms with van der Waals surface area (Å²) in [5.41, 5.74) is 0. The van der Waals surface area contributed by atoms with E-state index in [1.165, 1.54) is 0 Å². The van der Waals surface area contributed by atoms with E-state index in [1.54, 1.807) is 0 Å². The van der Waals surface area contributed by atoms with Crippen LogP contribution in [0.3, 0.4) is 0 Å². The van der Waals surface area contributed by atoms with E-state index in [2.05, 4.69) is 0 Å². The molecule has 0 aliphatic rings. The molecular formula is C13H28O4. The highest BCUT2D eigenvalue weighted by atomic mass is 16.6. The normalized spacial score (nSPS) is 17.5. The Morgan fingerprint density at radius 3 is 1.88 bits per heavy atom. The summed E-state index contributed by atoms with van der Waals surface area (Å²) >= 11 is 0. The van der Waals surface area contributed by atoms with E-state index < -0.39 is 0 Å². The van der Waals surface area contributed by atoms with Gasteiger partial charge in [0.2, 0.25) is 0 Å². The van der Waals surface area contributed by atoms with Crippen molar-refractivity contribution in [3.05, 3.63) is 0 Å². The number of hydrogen-bond donors (Lipinski definition) is 1. The minimum Gasteiger partial charge on any atom is -0.394 e. The molecule has 0 saturated heterocycles. The van der Waals surface area contributed by atoms with Crippen molar-refractivity contribution < 1.29 is 19.3 Å². The third-order valence-electron chi connectivity index (χ3n) is 2.27. The van der Waals surface area contributed by atoms with E-state index in [1.807, 2.05) is 41.5 Å². The van der Waals surface area contributed by atoms with Crippen LogP contribution >= 0.6 is 0 Å². The molecular weight excluding hydrogens is 220 g/mol. The van der Waals surface area contributed by atoms with Crippen LogP contribution in [0.15, 0.2) is 0 Å². The van der Waals surface area contributed by atoms with E-state index in [-0.39, 0.29) is 37.1 Å². The SMILES string of the molecule is CC(C)OC[C@H](O[C@@H](C)CO)C(C)OC(C)C. The van der Waals surface area contributed by atoms with Gasteiger partial charge in [0.25, 0.3) is 0 Å². The number of hydrogen-bond acceptors (Lipinski definition) is 4. The summed E-state index contributed by atoms with van der Waals surface area (Å²) in [5, 5.41) is 9.02. The second-order valence-electron chi connectivity index (χ2n) is 4.94. The van der Waals surface area contributed by atoms with Crippen LogP contribution < -0.4 is 0 Å². The molecule has 1 unspecified atom stereocenters.